The molecule has 1 aliphatic rings. The van der Waals surface area contributed by atoms with Gasteiger partial charge in [-0.05, 0) is 24.6 Å². The fourth-order valence-electron chi connectivity index (χ4n) is 3.88. The van der Waals surface area contributed by atoms with Crippen molar-refractivity contribution < 1.29 is 18.8 Å². The Balaban J connectivity index is 1.28. The Hall–Kier alpha value is -4.21. The first-order valence-electron chi connectivity index (χ1n) is 10.5. The van der Waals surface area contributed by atoms with Gasteiger partial charge in [-0.2, -0.15) is 4.98 Å². The topological polar surface area (TPSA) is 108 Å². The van der Waals surface area contributed by atoms with Gasteiger partial charge in [-0.25, -0.2) is 4.68 Å². The predicted octanol–water partition coefficient (Wildman–Crippen LogP) is 3.10. The zero-order chi connectivity index (χ0) is 22.8. The molecular weight excluding hydrogens is 424 g/mol. The SMILES string of the molecule is COc1ccc(C(=O)N2CCC(n3cc(-c4nc(-c5ccccc5)no4)nn3)C2)cc1OC. The van der Waals surface area contributed by atoms with Crippen LogP contribution < -0.4 is 9.47 Å². The summed E-state index contributed by atoms with van der Waals surface area (Å²) in [7, 11) is 3.11. The maximum atomic E-state index is 13.0. The molecule has 0 aliphatic carbocycles. The molecule has 0 bridgehead atoms. The summed E-state index contributed by atoms with van der Waals surface area (Å²) in [5.41, 5.74) is 1.90. The van der Waals surface area contributed by atoms with Crippen LogP contribution in [0.15, 0.2) is 59.3 Å². The Morgan fingerprint density at radius 1 is 1.09 bits per heavy atom. The monoisotopic (exact) mass is 446 g/mol. The van der Waals surface area contributed by atoms with Crippen LogP contribution in [0.5, 0.6) is 11.5 Å². The van der Waals surface area contributed by atoms with Gasteiger partial charge in [0.1, 0.15) is 0 Å². The molecule has 33 heavy (non-hydrogen) atoms. The molecule has 1 saturated heterocycles. The fraction of sp³-hybridized carbons (Fsp3) is 0.261. The molecule has 0 radical (unpaired) electrons. The van der Waals surface area contributed by atoms with Crippen LogP contribution >= 0.6 is 0 Å². The maximum Gasteiger partial charge on any atom is 0.280 e. The molecule has 10 nitrogen and oxygen atoms in total. The van der Waals surface area contributed by atoms with Crippen molar-refractivity contribution in [3.8, 4) is 34.5 Å². The average molecular weight is 446 g/mol. The number of benzene rings is 2. The molecule has 1 atom stereocenters. The van der Waals surface area contributed by atoms with E-state index in [-0.39, 0.29) is 11.9 Å². The molecule has 2 aromatic carbocycles. The molecule has 3 heterocycles. The lowest BCUT2D eigenvalue weighted by Gasteiger charge is -2.17. The largest absolute Gasteiger partial charge is 0.493 e. The lowest BCUT2D eigenvalue weighted by molar-refractivity contribution is 0.0786. The van der Waals surface area contributed by atoms with Crippen LogP contribution in [0.25, 0.3) is 23.0 Å². The van der Waals surface area contributed by atoms with E-state index in [1.165, 1.54) is 0 Å². The summed E-state index contributed by atoms with van der Waals surface area (Å²) in [4.78, 5) is 19.2. The number of carbonyl (C=O) groups is 1. The van der Waals surface area contributed by atoms with Gasteiger partial charge in [0, 0.05) is 24.2 Å². The van der Waals surface area contributed by atoms with Gasteiger partial charge < -0.3 is 18.9 Å². The van der Waals surface area contributed by atoms with Crippen molar-refractivity contribution in [1.29, 1.82) is 0 Å². The van der Waals surface area contributed by atoms with Gasteiger partial charge >= 0.3 is 0 Å². The van der Waals surface area contributed by atoms with E-state index in [0.29, 0.717) is 47.6 Å². The first-order valence-corrected chi connectivity index (χ1v) is 10.5. The highest BCUT2D eigenvalue weighted by Gasteiger charge is 2.30. The van der Waals surface area contributed by atoms with E-state index in [4.69, 9.17) is 14.0 Å². The molecule has 1 fully saturated rings. The summed E-state index contributed by atoms with van der Waals surface area (Å²) < 4.78 is 17.7. The van der Waals surface area contributed by atoms with E-state index in [2.05, 4.69) is 20.5 Å². The summed E-state index contributed by atoms with van der Waals surface area (Å²) in [5.74, 6) is 1.83. The number of likely N-dealkylation sites (tertiary alicyclic amines) is 1. The van der Waals surface area contributed by atoms with Gasteiger partial charge in [0.25, 0.3) is 11.8 Å². The van der Waals surface area contributed by atoms with Gasteiger partial charge in [-0.15, -0.1) is 5.10 Å². The smallest absolute Gasteiger partial charge is 0.280 e. The van der Waals surface area contributed by atoms with Crippen LogP contribution in [-0.2, 0) is 0 Å². The molecule has 1 amide bonds. The van der Waals surface area contributed by atoms with E-state index < -0.39 is 0 Å². The van der Waals surface area contributed by atoms with Crippen LogP contribution in [-0.4, -0.2) is 63.3 Å². The quantitative estimate of drug-likeness (QED) is 0.445. The first-order chi connectivity index (χ1) is 16.2. The third-order valence-corrected chi connectivity index (χ3v) is 5.64. The number of hydrogen-bond donors (Lipinski definition) is 0. The Morgan fingerprint density at radius 2 is 1.91 bits per heavy atom. The van der Waals surface area contributed by atoms with Crippen molar-refractivity contribution in [3.63, 3.8) is 0 Å². The molecular formula is C23H22N6O4. The van der Waals surface area contributed by atoms with Crippen molar-refractivity contribution in [3.05, 3.63) is 60.3 Å². The zero-order valence-electron chi connectivity index (χ0n) is 18.2. The van der Waals surface area contributed by atoms with Crippen LogP contribution in [0.2, 0.25) is 0 Å². The predicted molar refractivity (Wildman–Crippen MR) is 118 cm³/mol. The van der Waals surface area contributed by atoms with Crippen molar-refractivity contribution >= 4 is 5.91 Å². The number of rotatable bonds is 6. The van der Waals surface area contributed by atoms with E-state index in [1.807, 2.05) is 30.3 Å². The summed E-state index contributed by atoms with van der Waals surface area (Å²) in [5, 5.41) is 12.5. The van der Waals surface area contributed by atoms with E-state index in [0.717, 1.165) is 12.0 Å². The minimum atomic E-state index is -0.0665. The second kappa shape index (κ2) is 8.73. The minimum absolute atomic E-state index is 0.00635. The highest BCUT2D eigenvalue weighted by atomic mass is 16.5. The maximum absolute atomic E-state index is 13.0. The van der Waals surface area contributed by atoms with E-state index in [9.17, 15) is 4.79 Å². The number of amides is 1. The van der Waals surface area contributed by atoms with Crippen molar-refractivity contribution in [1.82, 2.24) is 30.0 Å². The number of aromatic nitrogens is 5. The number of nitrogens with zero attached hydrogens (tertiary/aromatic N) is 6. The Kier molecular flexibility index (Phi) is 5.47. The van der Waals surface area contributed by atoms with Crippen LogP contribution in [0.1, 0.15) is 22.8 Å². The third-order valence-electron chi connectivity index (χ3n) is 5.64. The third kappa shape index (κ3) is 4.02. The molecule has 0 spiro atoms. The highest BCUT2D eigenvalue weighted by molar-refractivity contribution is 5.95. The summed E-state index contributed by atoms with van der Waals surface area (Å²) in [6.07, 6.45) is 2.54. The normalized spacial score (nSPS) is 15.6. The standard InChI is InChI=1S/C23H22N6O4/c1-31-19-9-8-16(12-20(19)32-2)23(30)28-11-10-17(13-28)29-14-18(25-27-29)22-24-21(26-33-22)15-6-4-3-5-7-15/h3-9,12,14,17H,10-11,13H2,1-2H3. The van der Waals surface area contributed by atoms with Crippen LogP contribution in [0.4, 0.5) is 0 Å². The zero-order valence-corrected chi connectivity index (χ0v) is 18.2. The second-order valence-corrected chi connectivity index (χ2v) is 7.64. The molecule has 5 rings (SSSR count). The Labute approximate surface area is 189 Å². The van der Waals surface area contributed by atoms with Gasteiger partial charge in [0.05, 0.1) is 26.5 Å². The van der Waals surface area contributed by atoms with Crippen LogP contribution in [0.3, 0.4) is 0 Å². The molecule has 1 aliphatic heterocycles. The molecule has 2 aromatic heterocycles. The van der Waals surface area contributed by atoms with Crippen molar-refractivity contribution in [2.24, 2.45) is 0 Å². The molecule has 4 aromatic rings. The van der Waals surface area contributed by atoms with Gasteiger partial charge in [0.2, 0.25) is 5.82 Å². The number of ether oxygens (including phenoxy) is 2. The van der Waals surface area contributed by atoms with Crippen molar-refractivity contribution in [2.75, 3.05) is 27.3 Å². The summed E-state index contributed by atoms with van der Waals surface area (Å²) in [6.45, 7) is 1.14. The van der Waals surface area contributed by atoms with Crippen LogP contribution in [0, 0.1) is 0 Å². The Bertz CT molecular complexity index is 1270. The van der Waals surface area contributed by atoms with Gasteiger partial charge in [-0.1, -0.05) is 40.7 Å². The first kappa shape index (κ1) is 20.7. The lowest BCUT2D eigenvalue weighted by Crippen LogP contribution is -2.29. The van der Waals surface area contributed by atoms with E-state index in [1.54, 1.807) is 48.2 Å². The van der Waals surface area contributed by atoms with Gasteiger partial charge in [0.15, 0.2) is 17.2 Å². The van der Waals surface area contributed by atoms with Gasteiger partial charge in [-0.3, -0.25) is 4.79 Å². The molecule has 10 heteroatoms. The highest BCUT2D eigenvalue weighted by Crippen LogP contribution is 2.30. The summed E-state index contributed by atoms with van der Waals surface area (Å²) >= 11 is 0. The molecule has 0 saturated carbocycles. The fourth-order valence-corrected chi connectivity index (χ4v) is 3.88. The minimum Gasteiger partial charge on any atom is -0.493 e. The lowest BCUT2D eigenvalue weighted by atomic mass is 10.1. The number of carbonyl (C=O) groups excluding carboxylic acids is 1. The second-order valence-electron chi connectivity index (χ2n) is 7.64. The molecule has 168 valence electrons. The summed E-state index contributed by atoms with van der Waals surface area (Å²) in [6, 6.07) is 14.8. The van der Waals surface area contributed by atoms with Crippen molar-refractivity contribution in [2.45, 2.75) is 12.5 Å². The molecule has 1 unspecified atom stereocenters. The number of methoxy groups -OCH3 is 2. The Morgan fingerprint density at radius 3 is 2.70 bits per heavy atom. The van der Waals surface area contributed by atoms with E-state index >= 15 is 0 Å². The molecule has 0 N–H and O–H groups in total. The number of hydrogen-bond acceptors (Lipinski definition) is 8. The average Bonchev–Trinajstić information content (AvgIpc) is 3.63.